The minimum atomic E-state index is -1.00. The topological polar surface area (TPSA) is 80.4 Å². The molecular formula is C18H19NO3. The first-order valence-corrected chi connectivity index (χ1v) is 7.22. The van der Waals surface area contributed by atoms with Crippen LogP contribution in [0.2, 0.25) is 0 Å². The Bertz CT molecular complexity index is 650. The van der Waals surface area contributed by atoms with Crippen molar-refractivity contribution in [1.29, 1.82) is 0 Å². The maximum absolute atomic E-state index is 11.7. The van der Waals surface area contributed by atoms with Gasteiger partial charge in [-0.15, -0.1) is 0 Å². The lowest BCUT2D eigenvalue weighted by Gasteiger charge is -2.20. The largest absolute Gasteiger partial charge is 0.481 e. The van der Waals surface area contributed by atoms with Gasteiger partial charge in [0.2, 0.25) is 5.91 Å². The van der Waals surface area contributed by atoms with Crippen LogP contribution in [0.5, 0.6) is 0 Å². The molecular weight excluding hydrogens is 278 g/mol. The van der Waals surface area contributed by atoms with Crippen molar-refractivity contribution >= 4 is 11.9 Å². The SMILES string of the molecule is CCC(C(=O)O)C(C(N)=O)c1ccc(-c2ccccc2)cc1. The van der Waals surface area contributed by atoms with Gasteiger partial charge in [0.1, 0.15) is 0 Å². The van der Waals surface area contributed by atoms with Crippen LogP contribution in [0.1, 0.15) is 24.8 Å². The van der Waals surface area contributed by atoms with Gasteiger partial charge in [-0.3, -0.25) is 9.59 Å². The Morgan fingerprint density at radius 1 is 1.00 bits per heavy atom. The fourth-order valence-corrected chi connectivity index (χ4v) is 2.66. The van der Waals surface area contributed by atoms with Gasteiger partial charge in [-0.05, 0) is 23.1 Å². The molecule has 1 amide bonds. The van der Waals surface area contributed by atoms with Crippen LogP contribution in [-0.2, 0) is 9.59 Å². The van der Waals surface area contributed by atoms with Gasteiger partial charge in [-0.1, -0.05) is 61.5 Å². The number of benzene rings is 2. The molecule has 0 aromatic heterocycles. The maximum atomic E-state index is 11.7. The summed E-state index contributed by atoms with van der Waals surface area (Å²) in [4.78, 5) is 23.0. The van der Waals surface area contributed by atoms with E-state index in [0.29, 0.717) is 12.0 Å². The van der Waals surface area contributed by atoms with E-state index in [0.717, 1.165) is 11.1 Å². The fraction of sp³-hybridized carbons (Fsp3) is 0.222. The second kappa shape index (κ2) is 6.89. The molecule has 4 heteroatoms. The quantitative estimate of drug-likeness (QED) is 0.860. The molecule has 0 aliphatic carbocycles. The Balaban J connectivity index is 2.34. The molecule has 2 rings (SSSR count). The predicted octanol–water partition coefficient (Wildman–Crippen LogP) is 3.03. The monoisotopic (exact) mass is 297 g/mol. The van der Waals surface area contributed by atoms with Gasteiger partial charge < -0.3 is 10.8 Å². The van der Waals surface area contributed by atoms with Crippen molar-refractivity contribution in [1.82, 2.24) is 0 Å². The summed E-state index contributed by atoms with van der Waals surface area (Å²) in [5.74, 6) is -3.23. The lowest BCUT2D eigenvalue weighted by atomic mass is 9.83. The molecule has 0 aliphatic heterocycles. The van der Waals surface area contributed by atoms with E-state index < -0.39 is 23.7 Å². The van der Waals surface area contributed by atoms with Crippen LogP contribution in [0.15, 0.2) is 54.6 Å². The Morgan fingerprint density at radius 3 is 2.00 bits per heavy atom. The number of carbonyl (C=O) groups is 2. The lowest BCUT2D eigenvalue weighted by Crippen LogP contribution is -2.32. The number of carboxylic acids is 1. The van der Waals surface area contributed by atoms with Gasteiger partial charge in [0.25, 0.3) is 0 Å². The molecule has 0 saturated carbocycles. The molecule has 0 radical (unpaired) electrons. The number of hydrogen-bond donors (Lipinski definition) is 2. The summed E-state index contributed by atoms with van der Waals surface area (Å²) < 4.78 is 0. The molecule has 2 unspecified atom stereocenters. The van der Waals surface area contributed by atoms with E-state index in [-0.39, 0.29) is 0 Å². The van der Waals surface area contributed by atoms with Gasteiger partial charge in [-0.25, -0.2) is 0 Å². The van der Waals surface area contributed by atoms with E-state index in [1.54, 1.807) is 19.1 Å². The fourth-order valence-electron chi connectivity index (χ4n) is 2.66. The van der Waals surface area contributed by atoms with Gasteiger partial charge in [0.05, 0.1) is 11.8 Å². The maximum Gasteiger partial charge on any atom is 0.307 e. The first-order chi connectivity index (χ1) is 10.5. The lowest BCUT2D eigenvalue weighted by molar-refractivity contribution is -0.144. The molecule has 22 heavy (non-hydrogen) atoms. The van der Waals surface area contributed by atoms with E-state index in [1.807, 2.05) is 42.5 Å². The third-order valence-electron chi connectivity index (χ3n) is 3.84. The molecule has 114 valence electrons. The number of amides is 1. The Labute approximate surface area is 129 Å². The highest BCUT2D eigenvalue weighted by atomic mass is 16.4. The highest BCUT2D eigenvalue weighted by molar-refractivity contribution is 5.88. The Morgan fingerprint density at radius 2 is 1.55 bits per heavy atom. The Hall–Kier alpha value is -2.62. The molecule has 2 atom stereocenters. The van der Waals surface area contributed by atoms with Gasteiger partial charge in [0, 0.05) is 0 Å². The first-order valence-electron chi connectivity index (χ1n) is 7.22. The van der Waals surface area contributed by atoms with E-state index >= 15 is 0 Å². The number of rotatable bonds is 6. The minimum Gasteiger partial charge on any atom is -0.481 e. The second-order valence-electron chi connectivity index (χ2n) is 5.22. The Kier molecular flexibility index (Phi) is 4.94. The van der Waals surface area contributed by atoms with Crippen LogP contribution in [0, 0.1) is 5.92 Å². The third-order valence-corrected chi connectivity index (χ3v) is 3.84. The van der Waals surface area contributed by atoms with Crippen molar-refractivity contribution in [3.05, 3.63) is 60.2 Å². The second-order valence-corrected chi connectivity index (χ2v) is 5.22. The van der Waals surface area contributed by atoms with Crippen molar-refractivity contribution in [2.45, 2.75) is 19.3 Å². The van der Waals surface area contributed by atoms with Crippen LogP contribution >= 0.6 is 0 Å². The molecule has 0 aliphatic rings. The highest BCUT2D eigenvalue weighted by Crippen LogP contribution is 2.29. The zero-order chi connectivity index (χ0) is 16.1. The molecule has 0 fully saturated rings. The third kappa shape index (κ3) is 3.34. The number of nitrogens with two attached hydrogens (primary N) is 1. The minimum absolute atomic E-state index is 0.351. The number of primary amides is 1. The van der Waals surface area contributed by atoms with Crippen LogP contribution < -0.4 is 5.73 Å². The standard InChI is InChI=1S/C18H19NO3/c1-2-15(18(21)22)16(17(19)20)14-10-8-13(9-11-14)12-6-4-3-5-7-12/h3-11,15-16H,2H2,1H3,(H2,19,20)(H,21,22). The smallest absolute Gasteiger partial charge is 0.307 e. The summed E-state index contributed by atoms with van der Waals surface area (Å²) in [6.07, 6.45) is 0.351. The van der Waals surface area contributed by atoms with Crippen LogP contribution in [0.4, 0.5) is 0 Å². The molecule has 3 N–H and O–H groups in total. The summed E-state index contributed by atoms with van der Waals surface area (Å²) in [7, 11) is 0. The zero-order valence-electron chi connectivity index (χ0n) is 12.4. The number of carbonyl (C=O) groups excluding carboxylic acids is 1. The average Bonchev–Trinajstić information content (AvgIpc) is 2.53. The van der Waals surface area contributed by atoms with Crippen molar-refractivity contribution in [2.75, 3.05) is 0 Å². The number of carboxylic acid groups (broad SMARTS) is 1. The van der Waals surface area contributed by atoms with Crippen LogP contribution in [0.3, 0.4) is 0 Å². The van der Waals surface area contributed by atoms with Crippen LogP contribution in [0.25, 0.3) is 11.1 Å². The van der Waals surface area contributed by atoms with Crippen LogP contribution in [-0.4, -0.2) is 17.0 Å². The van der Waals surface area contributed by atoms with Gasteiger partial charge in [0.15, 0.2) is 0 Å². The van der Waals surface area contributed by atoms with Crippen molar-refractivity contribution in [2.24, 2.45) is 11.7 Å². The van der Waals surface area contributed by atoms with E-state index in [1.165, 1.54) is 0 Å². The molecule has 2 aromatic carbocycles. The summed E-state index contributed by atoms with van der Waals surface area (Å²) >= 11 is 0. The molecule has 0 heterocycles. The van der Waals surface area contributed by atoms with Crippen molar-refractivity contribution < 1.29 is 14.7 Å². The summed E-state index contributed by atoms with van der Waals surface area (Å²) in [6.45, 7) is 1.74. The summed E-state index contributed by atoms with van der Waals surface area (Å²) in [5, 5.41) is 9.28. The molecule has 0 saturated heterocycles. The molecule has 0 bridgehead atoms. The predicted molar refractivity (Wildman–Crippen MR) is 85.2 cm³/mol. The molecule has 4 nitrogen and oxygen atoms in total. The average molecular weight is 297 g/mol. The van der Waals surface area contributed by atoms with E-state index in [9.17, 15) is 14.7 Å². The summed E-state index contributed by atoms with van der Waals surface area (Å²) in [6, 6.07) is 17.2. The van der Waals surface area contributed by atoms with E-state index in [2.05, 4.69) is 0 Å². The van der Waals surface area contributed by atoms with Crippen molar-refractivity contribution in [3.63, 3.8) is 0 Å². The van der Waals surface area contributed by atoms with Gasteiger partial charge >= 0.3 is 5.97 Å². The molecule has 2 aromatic rings. The number of aliphatic carboxylic acids is 1. The highest BCUT2D eigenvalue weighted by Gasteiger charge is 2.32. The molecule has 0 spiro atoms. The van der Waals surface area contributed by atoms with E-state index in [4.69, 9.17) is 5.73 Å². The first kappa shape index (κ1) is 15.8. The summed E-state index contributed by atoms with van der Waals surface area (Å²) in [5.41, 5.74) is 8.15. The zero-order valence-corrected chi connectivity index (χ0v) is 12.4. The normalized spacial score (nSPS) is 13.3. The van der Waals surface area contributed by atoms with Crippen molar-refractivity contribution in [3.8, 4) is 11.1 Å². The number of hydrogen-bond acceptors (Lipinski definition) is 2. The van der Waals surface area contributed by atoms with Gasteiger partial charge in [-0.2, -0.15) is 0 Å².